The summed E-state index contributed by atoms with van der Waals surface area (Å²) < 4.78 is 14.8. The number of para-hydroxylation sites is 1. The molecule has 0 amide bonds. The Morgan fingerprint density at radius 3 is 2.63 bits per heavy atom. The molecule has 2 nitrogen and oxygen atoms in total. The number of halogens is 2. The minimum Gasteiger partial charge on any atom is -0.397 e. The number of hydrogen-bond acceptors (Lipinski definition) is 2. The van der Waals surface area contributed by atoms with E-state index in [2.05, 4.69) is 28.1 Å². The fourth-order valence-corrected chi connectivity index (χ4v) is 2.48. The van der Waals surface area contributed by atoms with Crippen molar-refractivity contribution in [3.63, 3.8) is 0 Å². The number of benzene rings is 2. The van der Waals surface area contributed by atoms with E-state index in [1.807, 2.05) is 24.1 Å². The second kappa shape index (κ2) is 6.06. The van der Waals surface area contributed by atoms with Gasteiger partial charge in [0.2, 0.25) is 0 Å². The van der Waals surface area contributed by atoms with Crippen LogP contribution >= 0.6 is 15.9 Å². The highest BCUT2D eigenvalue weighted by Crippen LogP contribution is 2.25. The van der Waals surface area contributed by atoms with E-state index in [0.717, 1.165) is 10.9 Å². The van der Waals surface area contributed by atoms with E-state index >= 15 is 0 Å². The van der Waals surface area contributed by atoms with Crippen molar-refractivity contribution >= 4 is 27.3 Å². The smallest absolute Gasteiger partial charge is 0.148 e. The van der Waals surface area contributed by atoms with Crippen molar-refractivity contribution in [2.75, 3.05) is 24.2 Å². The second-order valence-electron chi connectivity index (χ2n) is 4.48. The van der Waals surface area contributed by atoms with Crippen molar-refractivity contribution in [2.45, 2.75) is 6.42 Å². The van der Waals surface area contributed by atoms with Gasteiger partial charge in [0.15, 0.2) is 0 Å². The van der Waals surface area contributed by atoms with Gasteiger partial charge in [0.05, 0.1) is 11.4 Å². The number of nitrogens with zero attached hydrogens (tertiary/aromatic N) is 1. The molecule has 2 aromatic carbocycles. The molecule has 100 valence electrons. The fourth-order valence-electron chi connectivity index (χ4n) is 2.04. The lowest BCUT2D eigenvalue weighted by atomic mass is 10.1. The van der Waals surface area contributed by atoms with Crippen LogP contribution in [0.2, 0.25) is 0 Å². The summed E-state index contributed by atoms with van der Waals surface area (Å²) in [5.74, 6) is -0.281. The van der Waals surface area contributed by atoms with Crippen molar-refractivity contribution in [3.05, 3.63) is 58.3 Å². The molecule has 2 aromatic rings. The maximum absolute atomic E-state index is 13.8. The minimum absolute atomic E-state index is 0.281. The summed E-state index contributed by atoms with van der Waals surface area (Å²) >= 11 is 3.44. The average molecular weight is 323 g/mol. The highest BCUT2D eigenvalue weighted by molar-refractivity contribution is 9.10. The number of nitrogens with two attached hydrogens (primary N) is 1. The molecular weight excluding hydrogens is 307 g/mol. The van der Waals surface area contributed by atoms with Crippen LogP contribution in [0.4, 0.5) is 15.8 Å². The van der Waals surface area contributed by atoms with Gasteiger partial charge in [-0.15, -0.1) is 0 Å². The summed E-state index contributed by atoms with van der Waals surface area (Å²) in [7, 11) is 1.85. The fraction of sp³-hybridized carbons (Fsp3) is 0.200. The van der Waals surface area contributed by atoms with E-state index in [4.69, 9.17) is 5.73 Å². The largest absolute Gasteiger partial charge is 0.397 e. The molecule has 0 aliphatic carbocycles. The maximum atomic E-state index is 13.8. The molecule has 0 saturated heterocycles. The molecule has 19 heavy (non-hydrogen) atoms. The van der Waals surface area contributed by atoms with Crippen LogP contribution in [0.5, 0.6) is 0 Å². The van der Waals surface area contributed by atoms with Crippen molar-refractivity contribution in [1.29, 1.82) is 0 Å². The van der Waals surface area contributed by atoms with Gasteiger partial charge in [-0.25, -0.2) is 4.39 Å². The predicted octanol–water partition coefficient (Wildman–Crippen LogP) is 3.85. The third-order valence-electron chi connectivity index (χ3n) is 3.02. The Hall–Kier alpha value is -1.55. The van der Waals surface area contributed by atoms with Crippen molar-refractivity contribution in [2.24, 2.45) is 0 Å². The molecule has 2 rings (SSSR count). The van der Waals surface area contributed by atoms with Crippen LogP contribution in [-0.2, 0) is 6.42 Å². The molecule has 4 heteroatoms. The summed E-state index contributed by atoms with van der Waals surface area (Å²) in [6.07, 6.45) is 0.837. The Kier molecular flexibility index (Phi) is 4.43. The summed E-state index contributed by atoms with van der Waals surface area (Å²) in [5, 5.41) is 0. The SMILES string of the molecule is CN(CCc1cccc(Br)c1)c1c(N)cccc1F. The van der Waals surface area contributed by atoms with Crippen LogP contribution in [0, 0.1) is 5.82 Å². The zero-order valence-corrected chi connectivity index (χ0v) is 12.3. The van der Waals surface area contributed by atoms with Crippen molar-refractivity contribution < 1.29 is 4.39 Å². The zero-order valence-electron chi connectivity index (χ0n) is 10.7. The Morgan fingerprint density at radius 2 is 1.95 bits per heavy atom. The lowest BCUT2D eigenvalue weighted by Gasteiger charge is -2.21. The molecule has 0 saturated carbocycles. The van der Waals surface area contributed by atoms with Gasteiger partial charge in [0.1, 0.15) is 5.82 Å². The van der Waals surface area contributed by atoms with Gasteiger partial charge in [0, 0.05) is 18.1 Å². The van der Waals surface area contributed by atoms with Gasteiger partial charge in [-0.1, -0.05) is 34.1 Å². The van der Waals surface area contributed by atoms with Crippen LogP contribution in [0.1, 0.15) is 5.56 Å². The molecule has 0 bridgehead atoms. The normalized spacial score (nSPS) is 10.5. The molecule has 2 N–H and O–H groups in total. The number of rotatable bonds is 4. The predicted molar refractivity (Wildman–Crippen MR) is 81.9 cm³/mol. The number of hydrogen-bond donors (Lipinski definition) is 1. The molecule has 0 radical (unpaired) electrons. The lowest BCUT2D eigenvalue weighted by Crippen LogP contribution is -2.22. The van der Waals surface area contributed by atoms with Crippen molar-refractivity contribution in [3.8, 4) is 0 Å². The highest BCUT2D eigenvalue weighted by atomic mass is 79.9. The number of nitrogen functional groups attached to an aromatic ring is 1. The molecule has 0 spiro atoms. The quantitative estimate of drug-likeness (QED) is 0.866. The number of likely N-dealkylation sites (N-methyl/N-ethyl adjacent to an activating group) is 1. The average Bonchev–Trinajstić information content (AvgIpc) is 2.36. The van der Waals surface area contributed by atoms with E-state index in [-0.39, 0.29) is 5.82 Å². The molecular formula is C15H16BrFN2. The third-order valence-corrected chi connectivity index (χ3v) is 3.52. The first-order valence-corrected chi connectivity index (χ1v) is 6.87. The van der Waals surface area contributed by atoms with E-state index in [1.54, 1.807) is 12.1 Å². The Bertz CT molecular complexity index is 552. The third kappa shape index (κ3) is 3.47. The Morgan fingerprint density at radius 1 is 1.21 bits per heavy atom. The summed E-state index contributed by atoms with van der Waals surface area (Å²) in [6, 6.07) is 12.9. The van der Waals surface area contributed by atoms with Crippen LogP contribution in [0.15, 0.2) is 46.9 Å². The van der Waals surface area contributed by atoms with Crippen LogP contribution < -0.4 is 10.6 Å². The Balaban J connectivity index is 2.07. The standard InChI is InChI=1S/C15H16BrFN2/c1-19(15-13(17)6-3-7-14(15)18)9-8-11-4-2-5-12(16)10-11/h2-7,10H,8-9,18H2,1H3. The first-order valence-electron chi connectivity index (χ1n) is 6.07. The molecule has 0 fully saturated rings. The van der Waals surface area contributed by atoms with Crippen LogP contribution in [0.25, 0.3) is 0 Å². The van der Waals surface area contributed by atoms with Crippen molar-refractivity contribution in [1.82, 2.24) is 0 Å². The summed E-state index contributed by atoms with van der Waals surface area (Å²) in [4.78, 5) is 1.85. The molecule has 0 heterocycles. The Labute approximate surface area is 121 Å². The van der Waals surface area contributed by atoms with E-state index in [9.17, 15) is 4.39 Å². The minimum atomic E-state index is -0.281. The molecule has 0 aromatic heterocycles. The second-order valence-corrected chi connectivity index (χ2v) is 5.39. The van der Waals surface area contributed by atoms with Gasteiger partial charge in [-0.3, -0.25) is 0 Å². The van der Waals surface area contributed by atoms with Gasteiger partial charge in [0.25, 0.3) is 0 Å². The van der Waals surface area contributed by atoms with Gasteiger partial charge in [-0.2, -0.15) is 0 Å². The van der Waals surface area contributed by atoms with Gasteiger partial charge in [-0.05, 0) is 36.2 Å². The molecule has 0 atom stereocenters. The topological polar surface area (TPSA) is 29.3 Å². The highest BCUT2D eigenvalue weighted by Gasteiger charge is 2.10. The first-order chi connectivity index (χ1) is 9.08. The molecule has 0 unspecified atom stereocenters. The van der Waals surface area contributed by atoms with E-state index in [1.165, 1.54) is 11.6 Å². The monoisotopic (exact) mass is 322 g/mol. The van der Waals surface area contributed by atoms with Gasteiger partial charge < -0.3 is 10.6 Å². The van der Waals surface area contributed by atoms with Crippen LogP contribution in [0.3, 0.4) is 0 Å². The zero-order chi connectivity index (χ0) is 13.8. The maximum Gasteiger partial charge on any atom is 0.148 e. The first kappa shape index (κ1) is 13.9. The molecule has 0 aliphatic heterocycles. The summed E-state index contributed by atoms with van der Waals surface area (Å²) in [5.41, 5.74) is 7.97. The van der Waals surface area contributed by atoms with Crippen LogP contribution in [-0.4, -0.2) is 13.6 Å². The summed E-state index contributed by atoms with van der Waals surface area (Å²) in [6.45, 7) is 0.710. The van der Waals surface area contributed by atoms with Gasteiger partial charge >= 0.3 is 0 Å². The lowest BCUT2D eigenvalue weighted by molar-refractivity contribution is 0.623. The molecule has 0 aliphatic rings. The van der Waals surface area contributed by atoms with E-state index < -0.39 is 0 Å². The van der Waals surface area contributed by atoms with E-state index in [0.29, 0.717) is 17.9 Å². The number of anilines is 2.